The molecular weight excluding hydrogens is 380 g/mol. The molecule has 1 saturated carbocycles. The molecule has 1 N–H and O–H groups in total. The van der Waals surface area contributed by atoms with Gasteiger partial charge in [0.15, 0.2) is 11.3 Å². The SMILES string of the molecule is Cc1cc(C(=O)N2CCC3(CC2)CC3CNC(=O)c2cc3ccncc3o2)ccn1. The Balaban J connectivity index is 1.14. The van der Waals surface area contributed by atoms with Crippen molar-refractivity contribution in [1.82, 2.24) is 20.2 Å². The smallest absolute Gasteiger partial charge is 0.287 e. The number of nitrogens with one attached hydrogen (secondary N) is 1. The molecule has 0 radical (unpaired) electrons. The van der Waals surface area contributed by atoms with E-state index in [2.05, 4.69) is 15.3 Å². The number of pyridine rings is 2. The van der Waals surface area contributed by atoms with Crippen molar-refractivity contribution >= 4 is 22.8 Å². The highest BCUT2D eigenvalue weighted by atomic mass is 16.3. The molecule has 154 valence electrons. The summed E-state index contributed by atoms with van der Waals surface area (Å²) < 4.78 is 5.59. The first kappa shape index (κ1) is 18.8. The van der Waals surface area contributed by atoms with Crippen LogP contribution in [0, 0.1) is 18.3 Å². The van der Waals surface area contributed by atoms with Crippen LogP contribution in [-0.4, -0.2) is 46.3 Å². The van der Waals surface area contributed by atoms with Gasteiger partial charge in [-0.1, -0.05) is 0 Å². The molecule has 4 heterocycles. The highest BCUT2D eigenvalue weighted by molar-refractivity contribution is 5.96. The average Bonchev–Trinajstić information content (AvgIpc) is 3.24. The van der Waals surface area contributed by atoms with Gasteiger partial charge in [0.1, 0.15) is 0 Å². The van der Waals surface area contributed by atoms with Crippen LogP contribution in [-0.2, 0) is 0 Å². The van der Waals surface area contributed by atoms with Crippen LogP contribution in [0.3, 0.4) is 0 Å². The van der Waals surface area contributed by atoms with Crippen LogP contribution in [0.2, 0.25) is 0 Å². The van der Waals surface area contributed by atoms with E-state index >= 15 is 0 Å². The summed E-state index contributed by atoms with van der Waals surface area (Å²) in [5.74, 6) is 0.683. The first-order valence-corrected chi connectivity index (χ1v) is 10.4. The summed E-state index contributed by atoms with van der Waals surface area (Å²) in [5.41, 5.74) is 2.44. The first-order chi connectivity index (χ1) is 14.5. The standard InChI is InChI=1S/C23H24N4O3/c1-15-10-17(3-7-25-15)22(29)27-8-4-23(5-9-27)12-18(23)13-26-21(28)19-11-16-2-6-24-14-20(16)30-19/h2-3,6-7,10-11,14,18H,4-5,8-9,12-13H2,1H3,(H,26,28). The monoisotopic (exact) mass is 404 g/mol. The zero-order valence-corrected chi connectivity index (χ0v) is 16.9. The predicted molar refractivity (Wildman–Crippen MR) is 111 cm³/mol. The van der Waals surface area contributed by atoms with E-state index in [0.29, 0.717) is 29.4 Å². The molecule has 0 aromatic carbocycles. The maximum atomic E-state index is 12.7. The normalized spacial score (nSPS) is 19.8. The van der Waals surface area contributed by atoms with Crippen LogP contribution in [0.5, 0.6) is 0 Å². The van der Waals surface area contributed by atoms with Crippen LogP contribution < -0.4 is 5.32 Å². The molecule has 7 nitrogen and oxygen atoms in total. The van der Waals surface area contributed by atoms with E-state index < -0.39 is 0 Å². The van der Waals surface area contributed by atoms with Gasteiger partial charge in [-0.05, 0) is 61.8 Å². The van der Waals surface area contributed by atoms with E-state index in [1.165, 1.54) is 0 Å². The van der Waals surface area contributed by atoms with Crippen LogP contribution in [0.25, 0.3) is 11.0 Å². The molecule has 1 saturated heterocycles. The van der Waals surface area contributed by atoms with Crippen molar-refractivity contribution < 1.29 is 14.0 Å². The maximum Gasteiger partial charge on any atom is 0.287 e. The average molecular weight is 404 g/mol. The number of amides is 2. The highest BCUT2D eigenvalue weighted by Gasteiger charge is 2.54. The molecule has 2 amide bonds. The van der Waals surface area contributed by atoms with Crippen molar-refractivity contribution in [2.45, 2.75) is 26.2 Å². The summed E-state index contributed by atoms with van der Waals surface area (Å²) in [6.07, 6.45) is 8.06. The third kappa shape index (κ3) is 3.44. The lowest BCUT2D eigenvalue weighted by Gasteiger charge is -2.33. The minimum absolute atomic E-state index is 0.0835. The predicted octanol–water partition coefficient (Wildman–Crippen LogP) is 3.20. The number of rotatable bonds is 4. The van der Waals surface area contributed by atoms with Crippen LogP contribution >= 0.6 is 0 Å². The van der Waals surface area contributed by atoms with Gasteiger partial charge in [0.2, 0.25) is 0 Å². The Morgan fingerprint density at radius 2 is 2.07 bits per heavy atom. The van der Waals surface area contributed by atoms with Crippen molar-refractivity contribution in [2.24, 2.45) is 11.3 Å². The first-order valence-electron chi connectivity index (χ1n) is 10.4. The van der Waals surface area contributed by atoms with Gasteiger partial charge in [0, 0.05) is 48.7 Å². The minimum atomic E-state index is -0.186. The van der Waals surface area contributed by atoms with E-state index in [1.807, 2.05) is 24.0 Å². The second kappa shape index (κ2) is 7.23. The molecule has 2 aliphatic rings. The summed E-state index contributed by atoms with van der Waals surface area (Å²) in [7, 11) is 0. The van der Waals surface area contributed by atoms with E-state index in [1.54, 1.807) is 30.7 Å². The van der Waals surface area contributed by atoms with Gasteiger partial charge in [-0.15, -0.1) is 0 Å². The molecule has 3 aromatic heterocycles. The van der Waals surface area contributed by atoms with Gasteiger partial charge in [-0.3, -0.25) is 19.6 Å². The Bertz CT molecular complexity index is 1080. The van der Waals surface area contributed by atoms with E-state index in [-0.39, 0.29) is 17.2 Å². The van der Waals surface area contributed by atoms with Gasteiger partial charge in [-0.2, -0.15) is 0 Å². The molecule has 5 rings (SSSR count). The molecule has 1 atom stereocenters. The number of aromatic nitrogens is 2. The summed E-state index contributed by atoms with van der Waals surface area (Å²) in [4.78, 5) is 35.3. The number of carbonyl (C=O) groups excluding carboxylic acids is 2. The fourth-order valence-corrected chi connectivity index (χ4v) is 4.65. The molecule has 0 bridgehead atoms. The number of aryl methyl sites for hydroxylation is 1. The number of hydrogen-bond donors (Lipinski definition) is 1. The fourth-order valence-electron chi connectivity index (χ4n) is 4.65. The molecule has 30 heavy (non-hydrogen) atoms. The Hall–Kier alpha value is -3.22. The zero-order valence-electron chi connectivity index (χ0n) is 16.9. The van der Waals surface area contributed by atoms with Gasteiger partial charge >= 0.3 is 0 Å². The largest absolute Gasteiger partial charge is 0.449 e. The number of nitrogens with zero attached hydrogens (tertiary/aromatic N) is 3. The second-order valence-corrected chi connectivity index (χ2v) is 8.48. The quantitative estimate of drug-likeness (QED) is 0.721. The molecule has 1 aliphatic carbocycles. The molecule has 1 unspecified atom stereocenters. The number of likely N-dealkylation sites (tertiary alicyclic amines) is 1. The number of furan rings is 1. The van der Waals surface area contributed by atoms with Gasteiger partial charge < -0.3 is 14.6 Å². The van der Waals surface area contributed by atoms with E-state index in [9.17, 15) is 9.59 Å². The summed E-state index contributed by atoms with van der Waals surface area (Å²) >= 11 is 0. The van der Waals surface area contributed by atoms with Gasteiger partial charge in [0.25, 0.3) is 11.8 Å². The van der Waals surface area contributed by atoms with Crippen molar-refractivity contribution in [2.75, 3.05) is 19.6 Å². The number of carbonyl (C=O) groups is 2. The highest BCUT2D eigenvalue weighted by Crippen LogP contribution is 2.59. The van der Waals surface area contributed by atoms with Crippen molar-refractivity contribution in [1.29, 1.82) is 0 Å². The molecule has 7 heteroatoms. The van der Waals surface area contributed by atoms with Crippen molar-refractivity contribution in [3.05, 3.63) is 59.9 Å². The molecule has 2 fully saturated rings. The Morgan fingerprint density at radius 1 is 1.23 bits per heavy atom. The van der Waals surface area contributed by atoms with Gasteiger partial charge in [0.05, 0.1) is 6.20 Å². The van der Waals surface area contributed by atoms with Crippen molar-refractivity contribution in [3.63, 3.8) is 0 Å². The fraction of sp³-hybridized carbons (Fsp3) is 0.391. The molecule has 3 aromatic rings. The summed E-state index contributed by atoms with van der Waals surface area (Å²) in [5, 5.41) is 3.89. The van der Waals surface area contributed by atoms with Crippen LogP contribution in [0.1, 0.15) is 45.9 Å². The maximum absolute atomic E-state index is 12.7. The second-order valence-electron chi connectivity index (χ2n) is 8.48. The minimum Gasteiger partial charge on any atom is -0.449 e. The van der Waals surface area contributed by atoms with E-state index in [0.717, 1.165) is 43.4 Å². The van der Waals surface area contributed by atoms with Gasteiger partial charge in [-0.25, -0.2) is 0 Å². The van der Waals surface area contributed by atoms with Crippen LogP contribution in [0.15, 0.2) is 47.3 Å². The molecular formula is C23H24N4O3. The van der Waals surface area contributed by atoms with E-state index in [4.69, 9.17) is 4.42 Å². The number of hydrogen-bond acceptors (Lipinski definition) is 5. The summed E-state index contributed by atoms with van der Waals surface area (Å²) in [6.45, 7) is 4.07. The number of piperidine rings is 1. The Labute approximate surface area is 174 Å². The Morgan fingerprint density at radius 3 is 2.83 bits per heavy atom. The topological polar surface area (TPSA) is 88.3 Å². The Kier molecular flexibility index (Phi) is 4.53. The molecule has 1 aliphatic heterocycles. The lowest BCUT2D eigenvalue weighted by Crippen LogP contribution is -2.40. The zero-order chi connectivity index (χ0) is 20.7. The number of fused-ring (bicyclic) bond motifs is 1. The lowest BCUT2D eigenvalue weighted by atomic mass is 9.90. The summed E-state index contributed by atoms with van der Waals surface area (Å²) in [6, 6.07) is 7.20. The van der Waals surface area contributed by atoms with Crippen molar-refractivity contribution in [3.8, 4) is 0 Å². The van der Waals surface area contributed by atoms with Crippen LogP contribution in [0.4, 0.5) is 0 Å². The third-order valence-electron chi connectivity index (χ3n) is 6.60. The molecule has 1 spiro atoms. The lowest BCUT2D eigenvalue weighted by molar-refractivity contribution is 0.0668. The third-order valence-corrected chi connectivity index (χ3v) is 6.60.